The Kier molecular flexibility index (Phi) is 5.16. The monoisotopic (exact) mass is 350 g/mol. The zero-order chi connectivity index (χ0) is 16.3. The van der Waals surface area contributed by atoms with E-state index in [0.29, 0.717) is 6.54 Å². The summed E-state index contributed by atoms with van der Waals surface area (Å²) in [7, 11) is -3.18. The lowest BCUT2D eigenvalue weighted by atomic mass is 9.98. The van der Waals surface area contributed by atoms with Gasteiger partial charge in [-0.2, -0.15) is 0 Å². The standard InChI is InChI=1S/C17H22N2O2S2/c1-2-23(20,21)18-12-16(17-8-5-11-22-17)19-10-9-14-6-3-4-7-15(14)13-19/h3-8,11,16,18H,2,9-10,12-13H2,1H3/t16-/m0/s1. The van der Waals surface area contributed by atoms with E-state index in [1.807, 2.05) is 6.07 Å². The Hall–Kier alpha value is -1.21. The maximum Gasteiger partial charge on any atom is 0.211 e. The van der Waals surface area contributed by atoms with E-state index >= 15 is 0 Å². The number of hydrogen-bond donors (Lipinski definition) is 1. The lowest BCUT2D eigenvalue weighted by Gasteiger charge is -2.35. The van der Waals surface area contributed by atoms with Crippen LogP contribution in [0.3, 0.4) is 0 Å². The quantitative estimate of drug-likeness (QED) is 0.871. The van der Waals surface area contributed by atoms with Crippen molar-refractivity contribution in [2.45, 2.75) is 25.9 Å². The topological polar surface area (TPSA) is 49.4 Å². The second-order valence-electron chi connectivity index (χ2n) is 5.77. The maximum atomic E-state index is 11.8. The van der Waals surface area contributed by atoms with Gasteiger partial charge in [0.2, 0.25) is 10.0 Å². The fourth-order valence-electron chi connectivity index (χ4n) is 2.98. The summed E-state index contributed by atoms with van der Waals surface area (Å²) in [5.41, 5.74) is 2.75. The van der Waals surface area contributed by atoms with Crippen molar-refractivity contribution in [1.82, 2.24) is 9.62 Å². The predicted molar refractivity (Wildman–Crippen MR) is 95.1 cm³/mol. The van der Waals surface area contributed by atoms with Gasteiger partial charge < -0.3 is 0 Å². The van der Waals surface area contributed by atoms with Crippen molar-refractivity contribution in [2.75, 3.05) is 18.8 Å². The Balaban J connectivity index is 1.79. The number of hydrogen-bond acceptors (Lipinski definition) is 4. The summed E-state index contributed by atoms with van der Waals surface area (Å²) in [5, 5.41) is 2.05. The Labute approximate surface area is 142 Å². The van der Waals surface area contributed by atoms with Gasteiger partial charge in [0.25, 0.3) is 0 Å². The first-order valence-corrected chi connectivity index (χ1v) is 10.4. The number of fused-ring (bicyclic) bond motifs is 1. The first kappa shape index (κ1) is 16.6. The highest BCUT2D eigenvalue weighted by Crippen LogP contribution is 2.30. The molecule has 0 saturated carbocycles. The molecule has 6 heteroatoms. The minimum absolute atomic E-state index is 0.0877. The molecule has 0 spiro atoms. The molecule has 2 aromatic rings. The van der Waals surface area contributed by atoms with Crippen LogP contribution in [0.1, 0.15) is 29.0 Å². The summed E-state index contributed by atoms with van der Waals surface area (Å²) in [6, 6.07) is 12.7. The van der Waals surface area contributed by atoms with E-state index in [-0.39, 0.29) is 11.8 Å². The number of nitrogens with one attached hydrogen (secondary N) is 1. The summed E-state index contributed by atoms with van der Waals surface area (Å²) in [5.74, 6) is 0.118. The van der Waals surface area contributed by atoms with E-state index in [2.05, 4.69) is 45.3 Å². The summed E-state index contributed by atoms with van der Waals surface area (Å²) in [4.78, 5) is 3.59. The molecule has 4 nitrogen and oxygen atoms in total. The first-order chi connectivity index (χ1) is 11.1. The minimum atomic E-state index is -3.18. The smallest absolute Gasteiger partial charge is 0.211 e. The summed E-state index contributed by atoms with van der Waals surface area (Å²) in [6.45, 7) is 3.92. The van der Waals surface area contributed by atoms with Gasteiger partial charge in [-0.3, -0.25) is 4.90 Å². The predicted octanol–water partition coefficient (Wildman–Crippen LogP) is 2.79. The van der Waals surface area contributed by atoms with Crippen molar-refractivity contribution in [2.24, 2.45) is 0 Å². The van der Waals surface area contributed by atoms with Crippen molar-refractivity contribution in [3.05, 3.63) is 57.8 Å². The molecule has 1 atom stereocenters. The van der Waals surface area contributed by atoms with Crippen LogP contribution in [0.25, 0.3) is 0 Å². The van der Waals surface area contributed by atoms with Crippen molar-refractivity contribution < 1.29 is 8.42 Å². The molecule has 2 heterocycles. The normalized spacial score (nSPS) is 16.9. The van der Waals surface area contributed by atoms with Crippen LogP contribution in [0.2, 0.25) is 0 Å². The molecule has 0 amide bonds. The lowest BCUT2D eigenvalue weighted by molar-refractivity contribution is 0.183. The molecule has 0 fully saturated rings. The Morgan fingerprint density at radius 2 is 2.00 bits per heavy atom. The van der Waals surface area contributed by atoms with E-state index in [1.165, 1.54) is 16.0 Å². The number of thiophene rings is 1. The van der Waals surface area contributed by atoms with Gasteiger partial charge in [0.15, 0.2) is 0 Å². The minimum Gasteiger partial charge on any atom is -0.290 e. The zero-order valence-corrected chi connectivity index (χ0v) is 14.9. The molecule has 1 aromatic carbocycles. The van der Waals surface area contributed by atoms with Crippen molar-refractivity contribution in [1.29, 1.82) is 0 Å². The summed E-state index contributed by atoms with van der Waals surface area (Å²) >= 11 is 1.69. The fraction of sp³-hybridized carbons (Fsp3) is 0.412. The highest BCUT2D eigenvalue weighted by Gasteiger charge is 2.26. The Bertz CT molecular complexity index is 742. The number of rotatable bonds is 6. The molecular formula is C17H22N2O2S2. The third kappa shape index (κ3) is 4.01. The van der Waals surface area contributed by atoms with E-state index in [9.17, 15) is 8.42 Å². The van der Waals surface area contributed by atoms with E-state index < -0.39 is 10.0 Å². The van der Waals surface area contributed by atoms with E-state index in [4.69, 9.17) is 0 Å². The lowest BCUT2D eigenvalue weighted by Crippen LogP contribution is -2.40. The molecule has 0 radical (unpaired) electrons. The fourth-order valence-corrected chi connectivity index (χ4v) is 4.46. The molecule has 23 heavy (non-hydrogen) atoms. The molecule has 0 aliphatic carbocycles. The first-order valence-electron chi connectivity index (χ1n) is 7.90. The Morgan fingerprint density at radius 3 is 2.70 bits per heavy atom. The van der Waals surface area contributed by atoms with Crippen LogP contribution in [0.5, 0.6) is 0 Å². The summed E-state index contributed by atoms with van der Waals surface area (Å²) < 4.78 is 26.4. The van der Waals surface area contributed by atoms with Gasteiger partial charge in [-0.05, 0) is 35.9 Å². The highest BCUT2D eigenvalue weighted by molar-refractivity contribution is 7.89. The summed E-state index contributed by atoms with van der Waals surface area (Å²) in [6.07, 6.45) is 1.01. The average Bonchev–Trinajstić information content (AvgIpc) is 3.09. The third-order valence-corrected chi connectivity index (χ3v) is 6.69. The second kappa shape index (κ2) is 7.13. The molecule has 124 valence electrons. The van der Waals surface area contributed by atoms with Gasteiger partial charge in [0.05, 0.1) is 11.8 Å². The van der Waals surface area contributed by atoms with Gasteiger partial charge in [0.1, 0.15) is 0 Å². The average molecular weight is 351 g/mol. The van der Waals surface area contributed by atoms with Gasteiger partial charge >= 0.3 is 0 Å². The highest BCUT2D eigenvalue weighted by atomic mass is 32.2. The van der Waals surface area contributed by atoms with E-state index in [0.717, 1.165) is 19.5 Å². The van der Waals surface area contributed by atoms with Crippen LogP contribution in [0.15, 0.2) is 41.8 Å². The van der Waals surface area contributed by atoms with Crippen LogP contribution in [-0.2, 0) is 23.0 Å². The Morgan fingerprint density at radius 1 is 1.22 bits per heavy atom. The van der Waals surface area contributed by atoms with Crippen LogP contribution in [0.4, 0.5) is 0 Å². The molecule has 0 bridgehead atoms. The number of nitrogens with zero attached hydrogens (tertiary/aromatic N) is 1. The molecular weight excluding hydrogens is 328 g/mol. The zero-order valence-electron chi connectivity index (χ0n) is 13.2. The van der Waals surface area contributed by atoms with Gasteiger partial charge in [-0.1, -0.05) is 30.3 Å². The van der Waals surface area contributed by atoms with Crippen molar-refractivity contribution in [3.63, 3.8) is 0 Å². The van der Waals surface area contributed by atoms with Crippen LogP contribution >= 0.6 is 11.3 Å². The van der Waals surface area contributed by atoms with Crippen LogP contribution < -0.4 is 4.72 Å². The number of benzene rings is 1. The maximum absolute atomic E-state index is 11.8. The molecule has 1 aliphatic heterocycles. The molecule has 0 unspecified atom stereocenters. The molecule has 1 aromatic heterocycles. The second-order valence-corrected chi connectivity index (χ2v) is 8.85. The number of sulfonamides is 1. The van der Waals surface area contributed by atoms with Crippen molar-refractivity contribution in [3.8, 4) is 0 Å². The SMILES string of the molecule is CCS(=O)(=O)NC[C@@H](c1cccs1)N1CCc2ccccc2C1. The largest absolute Gasteiger partial charge is 0.290 e. The van der Waals surface area contributed by atoms with Gasteiger partial charge in [0, 0.05) is 24.5 Å². The molecule has 0 saturated heterocycles. The van der Waals surface area contributed by atoms with Gasteiger partial charge in [-0.15, -0.1) is 11.3 Å². The van der Waals surface area contributed by atoms with Crippen LogP contribution in [-0.4, -0.2) is 32.2 Å². The van der Waals surface area contributed by atoms with E-state index in [1.54, 1.807) is 18.3 Å². The molecule has 1 aliphatic rings. The molecule has 1 N–H and O–H groups in total. The third-order valence-electron chi connectivity index (χ3n) is 4.35. The van der Waals surface area contributed by atoms with Crippen LogP contribution in [0, 0.1) is 0 Å². The van der Waals surface area contributed by atoms with Crippen molar-refractivity contribution >= 4 is 21.4 Å². The molecule has 3 rings (SSSR count). The van der Waals surface area contributed by atoms with Gasteiger partial charge in [-0.25, -0.2) is 13.1 Å².